The zero-order chi connectivity index (χ0) is 30.3. The van der Waals surface area contributed by atoms with E-state index in [9.17, 15) is 9.90 Å². The number of rotatable bonds is 9. The van der Waals surface area contributed by atoms with E-state index >= 15 is 0 Å². The Hall–Kier alpha value is -2.10. The fraction of sp³-hybridized carbons (Fsp3) is 0.472. The normalized spacial score (nSPS) is 12.0. The molecule has 0 saturated carbocycles. The summed E-state index contributed by atoms with van der Waals surface area (Å²) in [5.74, 6) is 0.547. The van der Waals surface area contributed by atoms with Gasteiger partial charge in [-0.3, -0.25) is 4.79 Å². The number of aliphatic hydroxyl groups is 1. The van der Waals surface area contributed by atoms with Gasteiger partial charge < -0.3 is 5.11 Å². The van der Waals surface area contributed by atoms with Gasteiger partial charge in [0.1, 0.15) is 0 Å². The van der Waals surface area contributed by atoms with Crippen molar-refractivity contribution in [2.75, 3.05) is 0 Å². The van der Waals surface area contributed by atoms with Crippen molar-refractivity contribution in [2.24, 2.45) is 17.3 Å². The summed E-state index contributed by atoms with van der Waals surface area (Å²) in [5, 5.41) is 11.0. The van der Waals surface area contributed by atoms with Crippen LogP contribution in [0, 0.1) is 37.2 Å². The standard InChI is InChI=1S/C23H23N2Se.C13H24O2.Ir/c1-14-8-15(2)10-17(9-14)20-22-21(25-13-24-20)18-7-6-16(11-19(18)26-22)12-23(3,4)5;1-5-10(6-2)12(14)9-13(15)11(7-3)8-4;/h6-9,11,13H,12H2,1-5H3;9-11,14H,5-8H2,1-4H3;/q-1;;/b;12-9-;. The number of nitrogens with zero attached hydrogens (tertiary/aromatic N) is 2. The number of ketones is 1. The van der Waals surface area contributed by atoms with E-state index in [1.54, 1.807) is 6.33 Å². The first-order valence-electron chi connectivity index (χ1n) is 15.0. The van der Waals surface area contributed by atoms with Crippen molar-refractivity contribution in [3.05, 3.63) is 71.3 Å². The first-order chi connectivity index (χ1) is 19.4. The number of benzene rings is 2. The van der Waals surface area contributed by atoms with E-state index in [1.807, 2.05) is 27.7 Å². The van der Waals surface area contributed by atoms with Crippen LogP contribution in [0.4, 0.5) is 0 Å². The van der Waals surface area contributed by atoms with Crippen molar-refractivity contribution in [1.82, 2.24) is 9.97 Å². The molecular weight excluding hydrogens is 764 g/mol. The molecule has 4 rings (SSSR count). The molecule has 42 heavy (non-hydrogen) atoms. The molecule has 0 aliphatic carbocycles. The van der Waals surface area contributed by atoms with Crippen LogP contribution in [-0.4, -0.2) is 35.4 Å². The van der Waals surface area contributed by atoms with E-state index in [-0.39, 0.29) is 58.0 Å². The van der Waals surface area contributed by atoms with Gasteiger partial charge in [-0.25, -0.2) is 0 Å². The minimum atomic E-state index is 0. The van der Waals surface area contributed by atoms with Gasteiger partial charge in [0.2, 0.25) is 0 Å². The number of allylic oxidation sites excluding steroid dienone is 2. The smallest absolute Gasteiger partial charge is 0 e. The summed E-state index contributed by atoms with van der Waals surface area (Å²) in [6, 6.07) is 14.7. The number of aryl methyl sites for hydroxylation is 2. The third kappa shape index (κ3) is 9.45. The van der Waals surface area contributed by atoms with Crippen molar-refractivity contribution >= 4 is 39.7 Å². The minimum absolute atomic E-state index is 0. The van der Waals surface area contributed by atoms with Crippen molar-refractivity contribution in [3.8, 4) is 11.3 Å². The fourth-order valence-corrected chi connectivity index (χ4v) is 7.90. The van der Waals surface area contributed by atoms with Crippen molar-refractivity contribution in [2.45, 2.75) is 94.4 Å². The van der Waals surface area contributed by atoms with E-state index in [2.05, 4.69) is 81.0 Å². The quantitative estimate of drug-likeness (QED) is 0.0793. The van der Waals surface area contributed by atoms with Crippen LogP contribution in [-0.2, 0) is 31.3 Å². The van der Waals surface area contributed by atoms with Gasteiger partial charge in [0.25, 0.3) is 0 Å². The van der Waals surface area contributed by atoms with Gasteiger partial charge in [-0.1, -0.05) is 27.7 Å². The molecule has 2 aromatic carbocycles. The minimum Gasteiger partial charge on any atom is 0 e. The Morgan fingerprint density at radius 3 is 2.19 bits per heavy atom. The largest absolute Gasteiger partial charge is 0 e. The van der Waals surface area contributed by atoms with E-state index < -0.39 is 0 Å². The second-order valence-electron chi connectivity index (χ2n) is 12.3. The van der Waals surface area contributed by atoms with E-state index in [0.29, 0.717) is 5.41 Å². The van der Waals surface area contributed by atoms with Crippen LogP contribution in [0.5, 0.6) is 0 Å². The average Bonchev–Trinajstić information content (AvgIpc) is 3.27. The summed E-state index contributed by atoms with van der Waals surface area (Å²) >= 11 is 0.237. The molecule has 4 aromatic rings. The van der Waals surface area contributed by atoms with Crippen LogP contribution in [0.1, 0.15) is 90.8 Å². The first kappa shape index (κ1) is 36.1. The third-order valence-corrected chi connectivity index (χ3v) is 9.95. The van der Waals surface area contributed by atoms with Crippen molar-refractivity contribution < 1.29 is 30.0 Å². The van der Waals surface area contributed by atoms with Crippen molar-refractivity contribution in [1.29, 1.82) is 0 Å². The Labute approximate surface area is 272 Å². The Morgan fingerprint density at radius 1 is 0.976 bits per heavy atom. The van der Waals surface area contributed by atoms with Gasteiger partial charge in [-0.05, 0) is 25.7 Å². The molecule has 1 radical (unpaired) electrons. The number of carbonyl (C=O) groups is 1. The van der Waals surface area contributed by atoms with Gasteiger partial charge in [0, 0.05) is 38.0 Å². The zero-order valence-electron chi connectivity index (χ0n) is 26.7. The molecule has 0 amide bonds. The summed E-state index contributed by atoms with van der Waals surface area (Å²) < 4.78 is 2.73. The molecule has 0 spiro atoms. The summed E-state index contributed by atoms with van der Waals surface area (Å²) in [7, 11) is 0. The molecule has 6 heteroatoms. The number of fused-ring (bicyclic) bond motifs is 3. The molecule has 0 saturated heterocycles. The second kappa shape index (κ2) is 16.1. The number of aromatic nitrogens is 2. The molecule has 229 valence electrons. The molecule has 4 nitrogen and oxygen atoms in total. The van der Waals surface area contributed by atoms with E-state index in [1.165, 1.54) is 31.1 Å². The number of hydrogen-bond acceptors (Lipinski definition) is 4. The van der Waals surface area contributed by atoms with Gasteiger partial charge in [0.15, 0.2) is 5.78 Å². The van der Waals surface area contributed by atoms with Crippen LogP contribution in [0.3, 0.4) is 0 Å². The van der Waals surface area contributed by atoms with Gasteiger partial charge >= 0.3 is 161 Å². The predicted molar refractivity (Wildman–Crippen MR) is 175 cm³/mol. The Balaban J connectivity index is 0.000000334. The average molecular weight is 811 g/mol. The summed E-state index contributed by atoms with van der Waals surface area (Å²) in [6.07, 6.45) is 7.70. The number of carbonyl (C=O) groups excluding carboxylic acids is 1. The summed E-state index contributed by atoms with van der Waals surface area (Å²) in [6.45, 7) is 19.2. The molecular formula is C36H47IrN2O2Se-. The van der Waals surface area contributed by atoms with Gasteiger partial charge in [0.05, 0.1) is 5.76 Å². The molecule has 0 aliphatic rings. The molecule has 1 N–H and O–H groups in total. The predicted octanol–water partition coefficient (Wildman–Crippen LogP) is 9.38. The maximum atomic E-state index is 11.7. The fourth-order valence-electron chi connectivity index (χ4n) is 5.34. The first-order valence-corrected chi connectivity index (χ1v) is 16.7. The molecule has 0 fully saturated rings. The molecule has 0 bridgehead atoms. The molecule has 0 atom stereocenters. The molecule has 2 heterocycles. The second-order valence-corrected chi connectivity index (χ2v) is 14.5. The van der Waals surface area contributed by atoms with Gasteiger partial charge in [-0.2, -0.15) is 0 Å². The topological polar surface area (TPSA) is 63.1 Å². The molecule has 0 unspecified atom stereocenters. The van der Waals surface area contributed by atoms with Crippen LogP contribution in [0.25, 0.3) is 30.7 Å². The van der Waals surface area contributed by atoms with Crippen LogP contribution in [0.2, 0.25) is 0 Å². The maximum Gasteiger partial charge on any atom is 0 e. The van der Waals surface area contributed by atoms with Crippen LogP contribution < -0.4 is 0 Å². The van der Waals surface area contributed by atoms with Crippen molar-refractivity contribution in [3.63, 3.8) is 0 Å². The van der Waals surface area contributed by atoms with Crippen LogP contribution >= 0.6 is 0 Å². The van der Waals surface area contributed by atoms with E-state index in [4.69, 9.17) is 0 Å². The summed E-state index contributed by atoms with van der Waals surface area (Å²) in [4.78, 5) is 21.0. The SMILES string of the molecule is CCC(CC)C(=O)/C=C(\O)C(CC)CC.Cc1[c-]c(-c2ncnc3c2[se]c2cc(CC(C)(C)C)ccc23)cc(C)c1.[Ir]. The van der Waals surface area contributed by atoms with Crippen LogP contribution in [0.15, 0.2) is 48.5 Å². The Bertz CT molecular complexity index is 1490. The summed E-state index contributed by atoms with van der Waals surface area (Å²) in [5.41, 5.74) is 7.37. The zero-order valence-corrected chi connectivity index (χ0v) is 30.8. The molecule has 0 aliphatic heterocycles. The Kier molecular flexibility index (Phi) is 13.8. The number of hydrogen-bond donors (Lipinski definition) is 1. The monoisotopic (exact) mass is 812 g/mol. The Morgan fingerprint density at radius 2 is 1.62 bits per heavy atom. The van der Waals surface area contributed by atoms with Gasteiger partial charge in [-0.15, -0.1) is 0 Å². The van der Waals surface area contributed by atoms with E-state index in [0.717, 1.165) is 54.4 Å². The third-order valence-electron chi connectivity index (χ3n) is 7.54. The maximum absolute atomic E-state index is 11.7. The number of aliphatic hydroxyl groups excluding tert-OH is 1. The molecule has 2 aromatic heterocycles.